The second kappa shape index (κ2) is 6.02. The van der Waals surface area contributed by atoms with E-state index in [9.17, 15) is 0 Å². The molecule has 0 unspecified atom stereocenters. The number of rotatable bonds is 3. The third-order valence-electron chi connectivity index (χ3n) is 3.02. The zero-order chi connectivity index (χ0) is 12.8. The summed E-state index contributed by atoms with van der Waals surface area (Å²) in [4.78, 5) is 0. The van der Waals surface area contributed by atoms with Crippen LogP contribution in [0, 0.1) is 0 Å². The first-order valence-corrected chi connectivity index (χ1v) is 6.26. The molecule has 0 aliphatic rings. The highest BCUT2D eigenvalue weighted by atomic mass is 14.0. The quantitative estimate of drug-likeness (QED) is 0.641. The van der Waals surface area contributed by atoms with Gasteiger partial charge in [0.1, 0.15) is 0 Å². The highest BCUT2D eigenvalue weighted by molar-refractivity contribution is 5.83. The van der Waals surface area contributed by atoms with Gasteiger partial charge in [-0.2, -0.15) is 0 Å². The van der Waals surface area contributed by atoms with E-state index >= 15 is 0 Å². The summed E-state index contributed by atoms with van der Waals surface area (Å²) in [7, 11) is 0. The Morgan fingerprint density at radius 1 is 0.778 bits per heavy atom. The molecule has 0 aromatic heterocycles. The van der Waals surface area contributed by atoms with Crippen molar-refractivity contribution in [1.29, 1.82) is 0 Å². The van der Waals surface area contributed by atoms with Crippen LogP contribution in [-0.2, 0) is 0 Å². The van der Waals surface area contributed by atoms with E-state index in [0.29, 0.717) is 0 Å². The molecule has 0 spiro atoms. The van der Waals surface area contributed by atoms with E-state index in [4.69, 9.17) is 0 Å². The summed E-state index contributed by atoms with van der Waals surface area (Å²) in [5.74, 6) is 0. The highest BCUT2D eigenvalue weighted by Gasteiger charge is 1.99. The number of benzene rings is 2. The Bertz CT molecular complexity index is 545. The zero-order valence-electron chi connectivity index (χ0n) is 10.9. The normalized spacial score (nSPS) is 12.6. The molecule has 0 saturated carbocycles. The van der Waals surface area contributed by atoms with Crippen molar-refractivity contribution in [3.63, 3.8) is 0 Å². The summed E-state index contributed by atoms with van der Waals surface area (Å²) < 4.78 is 0. The van der Waals surface area contributed by atoms with Gasteiger partial charge in [0.25, 0.3) is 0 Å². The lowest BCUT2D eigenvalue weighted by molar-refractivity contribution is 1.55. The van der Waals surface area contributed by atoms with Gasteiger partial charge in [0.15, 0.2) is 0 Å². The Labute approximate surface area is 109 Å². The van der Waals surface area contributed by atoms with E-state index in [1.54, 1.807) is 0 Å². The second-order valence-corrected chi connectivity index (χ2v) is 4.30. The van der Waals surface area contributed by atoms with Gasteiger partial charge in [-0.05, 0) is 36.1 Å². The van der Waals surface area contributed by atoms with Gasteiger partial charge in [-0.25, -0.2) is 0 Å². The van der Waals surface area contributed by atoms with E-state index < -0.39 is 0 Å². The van der Waals surface area contributed by atoms with Crippen molar-refractivity contribution < 1.29 is 0 Å². The molecule has 0 saturated heterocycles. The maximum absolute atomic E-state index is 2.24. The molecule has 0 aliphatic heterocycles. The van der Waals surface area contributed by atoms with Gasteiger partial charge in [0.05, 0.1) is 0 Å². The van der Waals surface area contributed by atoms with Gasteiger partial charge in [-0.15, -0.1) is 0 Å². The second-order valence-electron chi connectivity index (χ2n) is 4.30. The summed E-state index contributed by atoms with van der Waals surface area (Å²) in [5.41, 5.74) is 5.08. The van der Waals surface area contributed by atoms with Crippen LogP contribution in [0.1, 0.15) is 25.0 Å². The van der Waals surface area contributed by atoms with Gasteiger partial charge in [-0.3, -0.25) is 0 Å². The first-order chi connectivity index (χ1) is 8.81. The molecule has 0 radical (unpaired) electrons. The summed E-state index contributed by atoms with van der Waals surface area (Å²) >= 11 is 0. The number of hydrogen-bond acceptors (Lipinski definition) is 0. The highest BCUT2D eigenvalue weighted by Crippen LogP contribution is 2.21. The SMILES string of the molecule is C/C=C(/C=C(/C)c1ccccc1)c1ccccc1. The molecular formula is C18H18. The van der Waals surface area contributed by atoms with Crippen LogP contribution in [0.5, 0.6) is 0 Å². The molecule has 0 bridgehead atoms. The summed E-state index contributed by atoms with van der Waals surface area (Å²) in [6.45, 7) is 4.23. The van der Waals surface area contributed by atoms with Crippen LogP contribution in [0.2, 0.25) is 0 Å². The predicted octanol–water partition coefficient (Wildman–Crippen LogP) is 5.19. The Morgan fingerprint density at radius 3 is 1.78 bits per heavy atom. The van der Waals surface area contributed by atoms with E-state index in [-0.39, 0.29) is 0 Å². The van der Waals surface area contributed by atoms with Crippen LogP contribution in [0.4, 0.5) is 0 Å². The molecule has 18 heavy (non-hydrogen) atoms. The first-order valence-electron chi connectivity index (χ1n) is 6.26. The van der Waals surface area contributed by atoms with Crippen molar-refractivity contribution in [2.24, 2.45) is 0 Å². The molecular weight excluding hydrogens is 216 g/mol. The van der Waals surface area contributed by atoms with Crippen LogP contribution in [0.15, 0.2) is 72.8 Å². The molecule has 0 aliphatic carbocycles. The van der Waals surface area contributed by atoms with Crippen molar-refractivity contribution in [3.8, 4) is 0 Å². The fraction of sp³-hybridized carbons (Fsp3) is 0.111. The Morgan fingerprint density at radius 2 is 1.28 bits per heavy atom. The van der Waals surface area contributed by atoms with E-state index in [1.165, 1.54) is 22.3 Å². The fourth-order valence-electron chi connectivity index (χ4n) is 1.98. The number of hydrogen-bond donors (Lipinski definition) is 0. The van der Waals surface area contributed by atoms with Crippen molar-refractivity contribution in [2.45, 2.75) is 13.8 Å². The van der Waals surface area contributed by atoms with Crippen LogP contribution >= 0.6 is 0 Å². The minimum atomic E-state index is 1.26. The predicted molar refractivity (Wildman–Crippen MR) is 80.2 cm³/mol. The minimum absolute atomic E-state index is 1.26. The van der Waals surface area contributed by atoms with Crippen LogP contribution in [0.25, 0.3) is 11.1 Å². The van der Waals surface area contributed by atoms with Gasteiger partial charge in [-0.1, -0.05) is 72.8 Å². The smallest absolute Gasteiger partial charge is 0.0187 e. The topological polar surface area (TPSA) is 0 Å². The van der Waals surface area contributed by atoms with Crippen molar-refractivity contribution in [2.75, 3.05) is 0 Å². The summed E-state index contributed by atoms with van der Waals surface area (Å²) in [6.07, 6.45) is 4.40. The average Bonchev–Trinajstić information content (AvgIpc) is 2.46. The molecule has 0 heteroatoms. The lowest BCUT2D eigenvalue weighted by Gasteiger charge is -2.05. The number of allylic oxidation sites excluding steroid dienone is 4. The minimum Gasteiger partial charge on any atom is -0.0798 e. The van der Waals surface area contributed by atoms with E-state index in [2.05, 4.69) is 74.5 Å². The molecule has 0 nitrogen and oxygen atoms in total. The fourth-order valence-corrected chi connectivity index (χ4v) is 1.98. The lowest BCUT2D eigenvalue weighted by atomic mass is 10.00. The van der Waals surface area contributed by atoms with Gasteiger partial charge >= 0.3 is 0 Å². The standard InChI is InChI=1S/C18H18/c1-3-16(18-12-8-5-9-13-18)14-15(2)17-10-6-4-7-11-17/h3-14H,1-2H3/b15-14-,16-3-. The van der Waals surface area contributed by atoms with Crippen LogP contribution < -0.4 is 0 Å². The van der Waals surface area contributed by atoms with Crippen LogP contribution in [-0.4, -0.2) is 0 Å². The van der Waals surface area contributed by atoms with E-state index in [0.717, 1.165) is 0 Å². The first kappa shape index (κ1) is 12.4. The third-order valence-corrected chi connectivity index (χ3v) is 3.02. The molecule has 2 aromatic rings. The maximum atomic E-state index is 2.24. The lowest BCUT2D eigenvalue weighted by Crippen LogP contribution is -1.83. The van der Waals surface area contributed by atoms with Crippen LogP contribution in [0.3, 0.4) is 0 Å². The molecule has 2 rings (SSSR count). The molecule has 0 amide bonds. The van der Waals surface area contributed by atoms with Gasteiger partial charge in [0.2, 0.25) is 0 Å². The average molecular weight is 234 g/mol. The van der Waals surface area contributed by atoms with E-state index in [1.807, 2.05) is 12.1 Å². The van der Waals surface area contributed by atoms with Gasteiger partial charge < -0.3 is 0 Å². The molecule has 0 heterocycles. The maximum Gasteiger partial charge on any atom is -0.0187 e. The Balaban J connectivity index is 2.32. The molecule has 90 valence electrons. The van der Waals surface area contributed by atoms with Crippen molar-refractivity contribution >= 4 is 11.1 Å². The largest absolute Gasteiger partial charge is 0.0798 e. The monoisotopic (exact) mass is 234 g/mol. The zero-order valence-corrected chi connectivity index (χ0v) is 10.9. The molecule has 0 atom stereocenters. The van der Waals surface area contributed by atoms with Crippen molar-refractivity contribution in [3.05, 3.63) is 83.9 Å². The summed E-state index contributed by atoms with van der Waals surface area (Å²) in [6, 6.07) is 21.0. The Hall–Kier alpha value is -2.08. The third kappa shape index (κ3) is 2.98. The molecule has 2 aromatic carbocycles. The van der Waals surface area contributed by atoms with Crippen molar-refractivity contribution in [1.82, 2.24) is 0 Å². The van der Waals surface area contributed by atoms with Gasteiger partial charge in [0, 0.05) is 0 Å². The molecule has 0 fully saturated rings. The Kier molecular flexibility index (Phi) is 4.14. The molecule has 0 N–H and O–H groups in total. The summed E-state index contributed by atoms with van der Waals surface area (Å²) in [5, 5.41) is 0.